The fourth-order valence-corrected chi connectivity index (χ4v) is 10.0. The van der Waals surface area contributed by atoms with Crippen LogP contribution >= 0.6 is 11.3 Å². The maximum absolute atomic E-state index is 6.29. The predicted octanol–water partition coefficient (Wildman–Crippen LogP) is 13.8. The van der Waals surface area contributed by atoms with E-state index in [4.69, 9.17) is 8.83 Å². The molecule has 1 aliphatic rings. The highest BCUT2D eigenvalue weighted by Gasteiger charge is 2.26. The molecule has 0 amide bonds. The zero-order chi connectivity index (χ0) is 33.9. The topological polar surface area (TPSA) is 31.2 Å². The van der Waals surface area contributed by atoms with Crippen molar-refractivity contribution in [3.8, 4) is 16.8 Å². The summed E-state index contributed by atoms with van der Waals surface area (Å²) in [6.45, 7) is 0. The van der Waals surface area contributed by atoms with Crippen LogP contribution in [0.25, 0.3) is 97.8 Å². The Kier molecular flexibility index (Phi) is 5.77. The highest BCUT2D eigenvalue weighted by molar-refractivity contribution is 7.25. The van der Waals surface area contributed by atoms with Gasteiger partial charge in [0.05, 0.1) is 11.0 Å². The van der Waals surface area contributed by atoms with Crippen molar-refractivity contribution in [3.05, 3.63) is 169 Å². The molecular formula is C48H29NO2S. The van der Waals surface area contributed by atoms with Gasteiger partial charge in [-0.15, -0.1) is 11.3 Å². The normalized spacial score (nSPS) is 14.6. The van der Waals surface area contributed by atoms with Crippen molar-refractivity contribution in [2.45, 2.75) is 12.3 Å². The van der Waals surface area contributed by atoms with Gasteiger partial charge in [-0.25, -0.2) is 0 Å². The first-order valence-corrected chi connectivity index (χ1v) is 18.7. The standard InChI is InChI=1S/C48H29NO2S/c1-4-16-41-33(9-1)37-25-28(19-23-43(37)50-41)31-12-7-14-39-47(31)48-32(29-20-24-44-38(26-29)34-10-2-5-17-42(34)51-44)13-8-15-40(48)49(39)30-21-22-36-35-11-3-6-18-45(35)52-46(36)27-30/h1-25,27,29H,26H2. The van der Waals surface area contributed by atoms with Gasteiger partial charge in [-0.2, -0.15) is 0 Å². The molecule has 4 heteroatoms. The van der Waals surface area contributed by atoms with E-state index < -0.39 is 0 Å². The van der Waals surface area contributed by atoms with Gasteiger partial charge in [-0.3, -0.25) is 0 Å². The largest absolute Gasteiger partial charge is 0.456 e. The highest BCUT2D eigenvalue weighted by Crippen LogP contribution is 2.46. The number of allylic oxidation sites excluding steroid dienone is 1. The molecule has 7 aromatic carbocycles. The molecule has 4 heterocycles. The van der Waals surface area contributed by atoms with Crippen molar-refractivity contribution in [2.75, 3.05) is 0 Å². The molecule has 0 saturated carbocycles. The minimum absolute atomic E-state index is 0.190. The number of benzene rings is 7. The molecular weight excluding hydrogens is 655 g/mol. The monoisotopic (exact) mass is 683 g/mol. The van der Waals surface area contributed by atoms with Crippen LogP contribution in [-0.4, -0.2) is 4.57 Å². The van der Waals surface area contributed by atoms with E-state index in [0.29, 0.717) is 0 Å². The molecule has 0 aliphatic heterocycles. The summed E-state index contributed by atoms with van der Waals surface area (Å²) in [4.78, 5) is 0. The van der Waals surface area contributed by atoms with Crippen LogP contribution < -0.4 is 0 Å². The number of rotatable bonds is 3. The van der Waals surface area contributed by atoms with Gasteiger partial charge in [-0.1, -0.05) is 97.1 Å². The second kappa shape index (κ2) is 10.6. The van der Waals surface area contributed by atoms with E-state index in [1.54, 1.807) is 0 Å². The number of hydrogen-bond donors (Lipinski definition) is 0. The summed E-state index contributed by atoms with van der Waals surface area (Å²) in [5, 5.41) is 8.68. The van der Waals surface area contributed by atoms with Gasteiger partial charge in [0.25, 0.3) is 0 Å². The average Bonchev–Trinajstić information content (AvgIpc) is 3.95. The Balaban J connectivity index is 1.14. The molecule has 4 aromatic heterocycles. The molecule has 244 valence electrons. The predicted molar refractivity (Wildman–Crippen MR) is 218 cm³/mol. The van der Waals surface area contributed by atoms with Crippen molar-refractivity contribution in [1.29, 1.82) is 0 Å². The summed E-state index contributed by atoms with van der Waals surface area (Å²) >= 11 is 1.87. The smallest absolute Gasteiger partial charge is 0.135 e. The van der Waals surface area contributed by atoms with Crippen LogP contribution in [0.5, 0.6) is 0 Å². The third-order valence-electron chi connectivity index (χ3n) is 11.2. The first-order chi connectivity index (χ1) is 25.8. The maximum atomic E-state index is 6.29. The number of hydrogen-bond acceptors (Lipinski definition) is 3. The van der Waals surface area contributed by atoms with E-state index in [2.05, 4.69) is 156 Å². The minimum atomic E-state index is 0.190. The van der Waals surface area contributed by atoms with E-state index in [1.807, 2.05) is 17.4 Å². The van der Waals surface area contributed by atoms with Crippen LogP contribution in [0.4, 0.5) is 0 Å². The lowest BCUT2D eigenvalue weighted by Crippen LogP contribution is -2.05. The zero-order valence-corrected chi connectivity index (χ0v) is 28.8. The maximum Gasteiger partial charge on any atom is 0.135 e. The summed E-state index contributed by atoms with van der Waals surface area (Å²) in [6, 6.07) is 52.8. The van der Waals surface area contributed by atoms with Crippen LogP contribution in [0, 0.1) is 0 Å². The first kappa shape index (κ1) is 28.3. The van der Waals surface area contributed by atoms with E-state index in [-0.39, 0.29) is 5.92 Å². The lowest BCUT2D eigenvalue weighted by atomic mass is 9.84. The Bertz CT molecular complexity index is 3290. The van der Waals surface area contributed by atoms with Crippen LogP contribution in [0.3, 0.4) is 0 Å². The summed E-state index contributed by atoms with van der Waals surface area (Å²) in [6.07, 6.45) is 5.42. The second-order valence-electron chi connectivity index (χ2n) is 14.0. The number of para-hydroxylation sites is 2. The SMILES string of the molecule is C1=CC(c2cccc3c2c2c(-c4ccc5oc6ccccc6c5c4)cccc2n3-c2ccc3c(c2)sc2ccccc23)Cc2c1oc1ccccc21. The minimum Gasteiger partial charge on any atom is -0.456 e. The van der Waals surface area contributed by atoms with Crippen molar-refractivity contribution in [2.24, 2.45) is 0 Å². The number of nitrogens with zero attached hydrogens (tertiary/aromatic N) is 1. The molecule has 1 atom stereocenters. The lowest BCUT2D eigenvalue weighted by molar-refractivity contribution is 0.592. The zero-order valence-electron chi connectivity index (χ0n) is 28.0. The Morgan fingerprint density at radius 3 is 2.17 bits per heavy atom. The molecule has 0 radical (unpaired) electrons. The van der Waals surface area contributed by atoms with Crippen LogP contribution in [0.15, 0.2) is 161 Å². The van der Waals surface area contributed by atoms with E-state index in [1.165, 1.54) is 75.3 Å². The number of thiophene rings is 1. The fourth-order valence-electron chi connectivity index (χ4n) is 8.88. The third kappa shape index (κ3) is 3.96. The van der Waals surface area contributed by atoms with Crippen molar-refractivity contribution < 1.29 is 8.83 Å². The molecule has 0 saturated heterocycles. The van der Waals surface area contributed by atoms with Gasteiger partial charge < -0.3 is 13.4 Å². The molecule has 52 heavy (non-hydrogen) atoms. The Morgan fingerprint density at radius 2 is 1.27 bits per heavy atom. The lowest BCUT2D eigenvalue weighted by Gasteiger charge is -2.19. The molecule has 0 N–H and O–H groups in total. The third-order valence-corrected chi connectivity index (χ3v) is 12.3. The van der Waals surface area contributed by atoms with Gasteiger partial charge in [0.15, 0.2) is 0 Å². The molecule has 11 aromatic rings. The Labute approximate surface area is 302 Å². The number of fused-ring (bicyclic) bond motifs is 12. The molecule has 0 fully saturated rings. The van der Waals surface area contributed by atoms with Gasteiger partial charge in [0, 0.05) is 64.3 Å². The molecule has 0 spiro atoms. The summed E-state index contributed by atoms with van der Waals surface area (Å²) in [5.41, 5.74) is 11.4. The number of aromatic nitrogens is 1. The average molecular weight is 684 g/mol. The van der Waals surface area contributed by atoms with E-state index in [9.17, 15) is 0 Å². The van der Waals surface area contributed by atoms with Crippen molar-refractivity contribution in [3.63, 3.8) is 0 Å². The number of furan rings is 2. The first-order valence-electron chi connectivity index (χ1n) is 17.8. The van der Waals surface area contributed by atoms with Crippen LogP contribution in [-0.2, 0) is 6.42 Å². The fraction of sp³-hybridized carbons (Fsp3) is 0.0417. The van der Waals surface area contributed by atoms with Gasteiger partial charge in [-0.05, 0) is 83.8 Å². The van der Waals surface area contributed by atoms with Gasteiger partial charge in [0.2, 0.25) is 0 Å². The molecule has 3 nitrogen and oxygen atoms in total. The Morgan fingerprint density at radius 1 is 0.538 bits per heavy atom. The van der Waals surface area contributed by atoms with Gasteiger partial charge in [0.1, 0.15) is 22.5 Å². The van der Waals surface area contributed by atoms with Gasteiger partial charge >= 0.3 is 0 Å². The van der Waals surface area contributed by atoms with Crippen molar-refractivity contribution >= 4 is 92.3 Å². The molecule has 1 unspecified atom stereocenters. The van der Waals surface area contributed by atoms with Crippen LogP contribution in [0.1, 0.15) is 22.8 Å². The molecule has 1 aliphatic carbocycles. The quantitative estimate of drug-likeness (QED) is 0.186. The molecule has 12 rings (SSSR count). The second-order valence-corrected chi connectivity index (χ2v) is 15.1. The Hall–Kier alpha value is -6.36. The summed E-state index contributed by atoms with van der Waals surface area (Å²) in [5.74, 6) is 1.17. The van der Waals surface area contributed by atoms with E-state index in [0.717, 1.165) is 39.7 Å². The summed E-state index contributed by atoms with van der Waals surface area (Å²) in [7, 11) is 0. The van der Waals surface area contributed by atoms with Crippen LogP contribution in [0.2, 0.25) is 0 Å². The highest BCUT2D eigenvalue weighted by atomic mass is 32.1. The summed E-state index contributed by atoms with van der Waals surface area (Å²) < 4.78 is 17.6. The van der Waals surface area contributed by atoms with Crippen molar-refractivity contribution in [1.82, 2.24) is 4.57 Å². The molecule has 0 bridgehead atoms. The van der Waals surface area contributed by atoms with E-state index >= 15 is 0 Å².